The van der Waals surface area contributed by atoms with E-state index in [1.807, 2.05) is 0 Å². The summed E-state index contributed by atoms with van der Waals surface area (Å²) in [6, 6.07) is 5.78. The minimum absolute atomic E-state index is 0.0654. The van der Waals surface area contributed by atoms with Crippen LogP contribution in [0.4, 0.5) is 14.5 Å². The highest BCUT2D eigenvalue weighted by atomic mass is 35.5. The molecule has 1 aromatic carbocycles. The van der Waals surface area contributed by atoms with Gasteiger partial charge in [-0.3, -0.25) is 4.72 Å². The predicted octanol–water partition coefficient (Wildman–Crippen LogP) is 3.37. The monoisotopic (exact) mass is 315 g/mol. The first-order valence-electron chi connectivity index (χ1n) is 5.04. The summed E-state index contributed by atoms with van der Waals surface area (Å²) in [6.07, 6.45) is 0.357. The van der Waals surface area contributed by atoms with Crippen LogP contribution in [0, 0.1) is 0 Å². The van der Waals surface area contributed by atoms with E-state index in [4.69, 9.17) is 11.6 Å². The zero-order chi connectivity index (χ0) is 13.6. The molecule has 1 rings (SSSR count). The van der Waals surface area contributed by atoms with E-state index in [1.54, 1.807) is 0 Å². The van der Waals surface area contributed by atoms with Crippen molar-refractivity contribution >= 4 is 39.1 Å². The molecule has 0 atom stereocenters. The number of rotatable bonds is 7. The van der Waals surface area contributed by atoms with Crippen LogP contribution < -0.4 is 4.72 Å². The van der Waals surface area contributed by atoms with Crippen LogP contribution in [0.3, 0.4) is 0 Å². The van der Waals surface area contributed by atoms with Gasteiger partial charge in [0.05, 0.1) is 5.75 Å². The molecule has 3 nitrogen and oxygen atoms in total. The minimum atomic E-state index is -3.42. The second-order valence-corrected chi connectivity index (χ2v) is 6.65. The van der Waals surface area contributed by atoms with Crippen LogP contribution in [-0.2, 0) is 10.0 Å². The van der Waals surface area contributed by atoms with E-state index < -0.39 is 15.8 Å². The number of halogens is 3. The van der Waals surface area contributed by atoms with E-state index in [0.29, 0.717) is 28.8 Å². The first-order valence-corrected chi connectivity index (χ1v) is 8.11. The molecule has 8 heteroatoms. The molecule has 0 spiro atoms. The van der Waals surface area contributed by atoms with Gasteiger partial charge < -0.3 is 0 Å². The van der Waals surface area contributed by atoms with E-state index >= 15 is 0 Å². The number of alkyl halides is 3. The Hall–Kier alpha value is -0.530. The number of hydrogen-bond donors (Lipinski definition) is 1. The second-order valence-electron chi connectivity index (χ2n) is 3.37. The average molecular weight is 316 g/mol. The van der Waals surface area contributed by atoms with Crippen molar-refractivity contribution < 1.29 is 17.2 Å². The summed E-state index contributed by atoms with van der Waals surface area (Å²) >= 11 is 5.82. The van der Waals surface area contributed by atoms with E-state index in [1.165, 1.54) is 24.3 Å². The summed E-state index contributed by atoms with van der Waals surface area (Å²) in [6.45, 7) is 0. The molecule has 0 saturated heterocycles. The normalized spacial score (nSPS) is 11.8. The molecule has 18 heavy (non-hydrogen) atoms. The van der Waals surface area contributed by atoms with Gasteiger partial charge in [0.1, 0.15) is 0 Å². The lowest BCUT2D eigenvalue weighted by atomic mass is 10.3. The van der Waals surface area contributed by atoms with Crippen molar-refractivity contribution in [1.82, 2.24) is 0 Å². The molecule has 0 unspecified atom stereocenters. The van der Waals surface area contributed by atoms with Crippen molar-refractivity contribution in [2.24, 2.45) is 0 Å². The van der Waals surface area contributed by atoms with Gasteiger partial charge in [0, 0.05) is 16.5 Å². The first-order chi connectivity index (χ1) is 8.43. The number of nitrogens with one attached hydrogen (secondary N) is 1. The fourth-order valence-electron chi connectivity index (χ4n) is 1.18. The molecule has 0 aliphatic heterocycles. The summed E-state index contributed by atoms with van der Waals surface area (Å²) in [7, 11) is -3.42. The lowest BCUT2D eigenvalue weighted by molar-refractivity contribution is 0.252. The molecule has 1 N–H and O–H groups in total. The molecule has 0 heterocycles. The highest BCUT2D eigenvalue weighted by molar-refractivity contribution is 7.99. The first kappa shape index (κ1) is 15.5. The molecule has 1 aromatic rings. The maximum atomic E-state index is 12.1. The number of hydrogen-bond acceptors (Lipinski definition) is 3. The molecular formula is C10H12ClF2NO2S2. The van der Waals surface area contributed by atoms with Crippen LogP contribution in [0.25, 0.3) is 0 Å². The summed E-state index contributed by atoms with van der Waals surface area (Å²) in [5.41, 5.74) is 0.350. The summed E-state index contributed by atoms with van der Waals surface area (Å²) < 4.78 is 49.5. The maximum Gasteiger partial charge on any atom is 0.288 e. The third kappa shape index (κ3) is 5.88. The van der Waals surface area contributed by atoms with Gasteiger partial charge in [-0.05, 0) is 30.7 Å². The Kier molecular flexibility index (Phi) is 6.17. The van der Waals surface area contributed by atoms with Gasteiger partial charge >= 0.3 is 0 Å². The van der Waals surface area contributed by atoms with Gasteiger partial charge in [0.15, 0.2) is 0 Å². The summed E-state index contributed by atoms with van der Waals surface area (Å²) in [4.78, 5) is 0.383. The van der Waals surface area contributed by atoms with Crippen LogP contribution >= 0.6 is 23.4 Å². The smallest absolute Gasteiger partial charge is 0.284 e. The molecule has 0 aliphatic rings. The van der Waals surface area contributed by atoms with Crippen molar-refractivity contribution in [3.8, 4) is 0 Å². The molecular weight excluding hydrogens is 304 g/mol. The van der Waals surface area contributed by atoms with Gasteiger partial charge in [0.2, 0.25) is 10.0 Å². The third-order valence-corrected chi connectivity index (χ3v) is 4.26. The lowest BCUT2D eigenvalue weighted by Crippen LogP contribution is -2.16. The van der Waals surface area contributed by atoms with Crippen molar-refractivity contribution in [3.63, 3.8) is 0 Å². The highest BCUT2D eigenvalue weighted by Gasteiger charge is 2.10. The topological polar surface area (TPSA) is 46.2 Å². The maximum absolute atomic E-state index is 12.1. The molecule has 0 amide bonds. The molecule has 0 aromatic heterocycles. The zero-order valence-electron chi connectivity index (χ0n) is 9.27. The standard InChI is InChI=1S/C10H12ClF2NO2S2/c11-6-1-7-18(15,16)14-8-2-4-9(5-3-8)17-10(12)13/h2-5,10,14H,1,6-7H2. The molecule has 0 saturated carbocycles. The van der Waals surface area contributed by atoms with Gasteiger partial charge in [-0.15, -0.1) is 11.6 Å². The van der Waals surface area contributed by atoms with Crippen molar-refractivity contribution in [3.05, 3.63) is 24.3 Å². The Labute approximate surface area is 114 Å². The predicted molar refractivity (Wildman–Crippen MR) is 71.0 cm³/mol. The van der Waals surface area contributed by atoms with E-state index in [2.05, 4.69) is 4.72 Å². The van der Waals surface area contributed by atoms with Crippen LogP contribution in [0.5, 0.6) is 0 Å². The Morgan fingerprint density at radius 2 is 1.89 bits per heavy atom. The largest absolute Gasteiger partial charge is 0.288 e. The Morgan fingerprint density at radius 3 is 2.39 bits per heavy atom. The van der Waals surface area contributed by atoms with Crippen molar-refractivity contribution in [2.45, 2.75) is 17.1 Å². The Morgan fingerprint density at radius 1 is 1.28 bits per heavy atom. The van der Waals surface area contributed by atoms with Crippen LogP contribution in [-0.4, -0.2) is 25.8 Å². The minimum Gasteiger partial charge on any atom is -0.284 e. The number of benzene rings is 1. The van der Waals surface area contributed by atoms with E-state index in [0.717, 1.165) is 0 Å². The average Bonchev–Trinajstić information content (AvgIpc) is 2.28. The van der Waals surface area contributed by atoms with Crippen molar-refractivity contribution in [1.29, 1.82) is 0 Å². The van der Waals surface area contributed by atoms with Gasteiger partial charge in [-0.2, -0.15) is 8.78 Å². The summed E-state index contributed by atoms with van der Waals surface area (Å²) in [5.74, 6) is -2.29. The lowest BCUT2D eigenvalue weighted by Gasteiger charge is -2.08. The van der Waals surface area contributed by atoms with Gasteiger partial charge in [-0.1, -0.05) is 11.8 Å². The quantitative estimate of drug-likeness (QED) is 0.620. The van der Waals surface area contributed by atoms with Gasteiger partial charge in [-0.25, -0.2) is 8.42 Å². The molecule has 0 radical (unpaired) electrons. The van der Waals surface area contributed by atoms with Gasteiger partial charge in [0.25, 0.3) is 5.76 Å². The molecule has 102 valence electrons. The fourth-order valence-corrected chi connectivity index (χ4v) is 3.09. The SMILES string of the molecule is O=S(=O)(CCCCl)Nc1ccc(SC(F)F)cc1. The van der Waals surface area contributed by atoms with Crippen LogP contribution in [0.1, 0.15) is 6.42 Å². The Balaban J connectivity index is 2.63. The van der Waals surface area contributed by atoms with E-state index in [-0.39, 0.29) is 11.6 Å². The number of anilines is 1. The molecule has 0 fully saturated rings. The second kappa shape index (κ2) is 7.16. The number of sulfonamides is 1. The van der Waals surface area contributed by atoms with Crippen LogP contribution in [0.15, 0.2) is 29.2 Å². The van der Waals surface area contributed by atoms with E-state index in [9.17, 15) is 17.2 Å². The van der Waals surface area contributed by atoms with Crippen molar-refractivity contribution in [2.75, 3.05) is 16.4 Å². The summed E-state index contributed by atoms with van der Waals surface area (Å²) in [5, 5.41) is 0. The molecule has 0 bridgehead atoms. The number of thioether (sulfide) groups is 1. The van der Waals surface area contributed by atoms with Crippen LogP contribution in [0.2, 0.25) is 0 Å². The zero-order valence-corrected chi connectivity index (χ0v) is 11.7. The third-order valence-electron chi connectivity index (χ3n) is 1.90. The molecule has 0 aliphatic carbocycles. The fraction of sp³-hybridized carbons (Fsp3) is 0.400. The highest BCUT2D eigenvalue weighted by Crippen LogP contribution is 2.26. The Bertz CT molecular complexity index is 465.